The van der Waals surface area contributed by atoms with E-state index in [-0.39, 0.29) is 12.5 Å². The van der Waals surface area contributed by atoms with E-state index in [2.05, 4.69) is 5.10 Å². The maximum absolute atomic E-state index is 13.1. The lowest BCUT2D eigenvalue weighted by Gasteiger charge is -2.23. The second-order valence-corrected chi connectivity index (χ2v) is 7.69. The smallest absolute Gasteiger partial charge is 0.244 e. The molecule has 5 nitrogen and oxygen atoms in total. The minimum absolute atomic E-state index is 0.0171. The van der Waals surface area contributed by atoms with Crippen molar-refractivity contribution in [1.82, 2.24) is 14.7 Å². The first kappa shape index (κ1) is 19.5. The van der Waals surface area contributed by atoms with Crippen molar-refractivity contribution in [2.24, 2.45) is 0 Å². The zero-order valence-corrected chi connectivity index (χ0v) is 17.2. The summed E-state index contributed by atoms with van der Waals surface area (Å²) >= 11 is 7.86. The highest BCUT2D eigenvalue weighted by molar-refractivity contribution is 7.09. The van der Waals surface area contributed by atoms with Crippen molar-refractivity contribution < 1.29 is 9.53 Å². The summed E-state index contributed by atoms with van der Waals surface area (Å²) in [6.45, 7) is 4.88. The highest BCUT2D eigenvalue weighted by Crippen LogP contribution is 2.23. The van der Waals surface area contributed by atoms with Crippen LogP contribution in [0.25, 0.3) is 0 Å². The number of hydrogen-bond donors (Lipinski definition) is 0. The van der Waals surface area contributed by atoms with Crippen LogP contribution in [0.15, 0.2) is 41.8 Å². The van der Waals surface area contributed by atoms with Crippen LogP contribution >= 0.6 is 22.9 Å². The zero-order valence-electron chi connectivity index (χ0n) is 15.6. The van der Waals surface area contributed by atoms with Gasteiger partial charge in [0.2, 0.25) is 5.91 Å². The first-order valence-corrected chi connectivity index (χ1v) is 9.87. The quantitative estimate of drug-likeness (QED) is 0.585. The van der Waals surface area contributed by atoms with Gasteiger partial charge < -0.3 is 9.64 Å². The lowest BCUT2D eigenvalue weighted by atomic mass is 10.2. The molecule has 2 aromatic heterocycles. The third kappa shape index (κ3) is 4.51. The van der Waals surface area contributed by atoms with Gasteiger partial charge in [-0.2, -0.15) is 5.10 Å². The van der Waals surface area contributed by atoms with E-state index in [9.17, 15) is 4.79 Å². The zero-order chi connectivity index (χ0) is 19.4. The summed E-state index contributed by atoms with van der Waals surface area (Å²) in [4.78, 5) is 16.1. The van der Waals surface area contributed by atoms with Crippen LogP contribution in [0.4, 0.5) is 0 Å². The number of methoxy groups -OCH3 is 1. The van der Waals surface area contributed by atoms with Crippen molar-refractivity contribution in [2.45, 2.75) is 33.5 Å². The minimum Gasteiger partial charge on any atom is -0.496 e. The van der Waals surface area contributed by atoms with Gasteiger partial charge in [-0.1, -0.05) is 35.9 Å². The summed E-state index contributed by atoms with van der Waals surface area (Å²) in [5, 5.41) is 7.01. The monoisotopic (exact) mass is 403 g/mol. The lowest BCUT2D eigenvalue weighted by Crippen LogP contribution is -2.33. The number of rotatable bonds is 7. The molecule has 0 aliphatic rings. The number of aromatic nitrogens is 2. The number of ether oxygens (including phenoxy) is 1. The average Bonchev–Trinajstić information content (AvgIpc) is 3.26. The Balaban J connectivity index is 1.84. The lowest BCUT2D eigenvalue weighted by molar-refractivity contribution is -0.133. The SMILES string of the molecule is COc1ccccc1CN(Cc1cccs1)C(=O)Cn1nc(C)c(Cl)c1C. The normalized spacial score (nSPS) is 10.8. The van der Waals surface area contributed by atoms with Crippen LogP contribution < -0.4 is 4.74 Å². The molecule has 3 rings (SSSR count). The van der Waals surface area contributed by atoms with Crippen LogP contribution in [-0.4, -0.2) is 27.7 Å². The molecule has 0 N–H and O–H groups in total. The number of carbonyl (C=O) groups excluding carboxylic acids is 1. The van der Waals surface area contributed by atoms with E-state index in [1.54, 1.807) is 23.1 Å². The van der Waals surface area contributed by atoms with E-state index >= 15 is 0 Å². The summed E-state index contributed by atoms with van der Waals surface area (Å²) in [5.41, 5.74) is 2.50. The van der Waals surface area contributed by atoms with Gasteiger partial charge >= 0.3 is 0 Å². The fourth-order valence-corrected chi connectivity index (χ4v) is 3.77. The molecule has 0 saturated carbocycles. The minimum atomic E-state index is -0.0171. The molecule has 142 valence electrons. The van der Waals surface area contributed by atoms with Crippen LogP contribution in [0, 0.1) is 13.8 Å². The van der Waals surface area contributed by atoms with Crippen molar-refractivity contribution in [1.29, 1.82) is 0 Å². The van der Waals surface area contributed by atoms with E-state index < -0.39 is 0 Å². The molecule has 0 atom stereocenters. The van der Waals surface area contributed by atoms with E-state index in [0.29, 0.717) is 18.1 Å². The van der Waals surface area contributed by atoms with Gasteiger partial charge in [-0.25, -0.2) is 0 Å². The number of benzene rings is 1. The van der Waals surface area contributed by atoms with Crippen molar-refractivity contribution in [3.8, 4) is 5.75 Å². The predicted octanol–water partition coefficient (Wildman–Crippen LogP) is 4.45. The Labute approximate surface area is 168 Å². The van der Waals surface area contributed by atoms with Gasteiger partial charge in [-0.15, -0.1) is 11.3 Å². The summed E-state index contributed by atoms with van der Waals surface area (Å²) in [7, 11) is 1.64. The van der Waals surface area contributed by atoms with Gasteiger partial charge in [0.1, 0.15) is 12.3 Å². The number of para-hydroxylation sites is 1. The van der Waals surface area contributed by atoms with Crippen LogP contribution in [0.1, 0.15) is 21.8 Å². The topological polar surface area (TPSA) is 47.4 Å². The van der Waals surface area contributed by atoms with Gasteiger partial charge in [0.25, 0.3) is 0 Å². The molecule has 0 fully saturated rings. The number of nitrogens with zero attached hydrogens (tertiary/aromatic N) is 3. The van der Waals surface area contributed by atoms with Gasteiger partial charge in [0, 0.05) is 17.0 Å². The van der Waals surface area contributed by atoms with E-state index in [0.717, 1.165) is 27.6 Å². The van der Waals surface area contributed by atoms with Crippen LogP contribution in [-0.2, 0) is 24.4 Å². The molecule has 0 radical (unpaired) electrons. The third-order valence-electron chi connectivity index (χ3n) is 4.41. The standard InChI is InChI=1S/C20H22ClN3O2S/c1-14-20(21)15(2)24(22-14)13-19(25)23(12-17-8-6-10-27-17)11-16-7-4-5-9-18(16)26-3/h4-10H,11-13H2,1-3H3. The Hall–Kier alpha value is -2.31. The van der Waals surface area contributed by atoms with E-state index in [1.807, 2.05) is 60.5 Å². The molecule has 0 spiro atoms. The van der Waals surface area contributed by atoms with Crippen molar-refractivity contribution in [2.75, 3.05) is 7.11 Å². The molecule has 0 saturated heterocycles. The molecule has 27 heavy (non-hydrogen) atoms. The van der Waals surface area contributed by atoms with E-state index in [1.165, 1.54) is 0 Å². The summed E-state index contributed by atoms with van der Waals surface area (Å²) < 4.78 is 7.12. The third-order valence-corrected chi connectivity index (χ3v) is 5.82. The maximum Gasteiger partial charge on any atom is 0.244 e. The number of hydrogen-bond acceptors (Lipinski definition) is 4. The predicted molar refractivity (Wildman–Crippen MR) is 108 cm³/mol. The van der Waals surface area contributed by atoms with Crippen LogP contribution in [0.2, 0.25) is 5.02 Å². The number of carbonyl (C=O) groups is 1. The fourth-order valence-electron chi connectivity index (χ4n) is 2.92. The van der Waals surface area contributed by atoms with Crippen LogP contribution in [0.5, 0.6) is 5.75 Å². The van der Waals surface area contributed by atoms with Gasteiger partial charge in [-0.05, 0) is 31.4 Å². The van der Waals surface area contributed by atoms with Gasteiger partial charge in [0.15, 0.2) is 0 Å². The second kappa shape index (κ2) is 8.59. The molecule has 0 unspecified atom stereocenters. The molecule has 1 amide bonds. The Kier molecular flexibility index (Phi) is 6.19. The van der Waals surface area contributed by atoms with E-state index in [4.69, 9.17) is 16.3 Å². The Bertz CT molecular complexity index is 921. The second-order valence-electron chi connectivity index (χ2n) is 6.28. The molecule has 0 aliphatic heterocycles. The first-order valence-electron chi connectivity index (χ1n) is 8.61. The molecule has 2 heterocycles. The number of aryl methyl sites for hydroxylation is 1. The first-order chi connectivity index (χ1) is 13.0. The number of thiophene rings is 1. The largest absolute Gasteiger partial charge is 0.496 e. The van der Waals surface area contributed by atoms with Crippen LogP contribution in [0.3, 0.4) is 0 Å². The maximum atomic E-state index is 13.1. The molecule has 0 bridgehead atoms. The van der Waals surface area contributed by atoms with Crippen molar-refractivity contribution in [3.63, 3.8) is 0 Å². The Morgan fingerprint density at radius 2 is 2.00 bits per heavy atom. The van der Waals surface area contributed by atoms with Crippen molar-refractivity contribution in [3.05, 3.63) is 68.6 Å². The van der Waals surface area contributed by atoms with Gasteiger partial charge in [-0.3, -0.25) is 9.48 Å². The Morgan fingerprint density at radius 1 is 1.22 bits per heavy atom. The summed E-state index contributed by atoms with van der Waals surface area (Å²) in [5.74, 6) is 0.757. The van der Waals surface area contributed by atoms with Crippen molar-refractivity contribution >= 4 is 28.8 Å². The number of halogens is 1. The summed E-state index contributed by atoms with van der Waals surface area (Å²) in [6, 6.07) is 11.8. The fraction of sp³-hybridized carbons (Fsp3) is 0.300. The number of amides is 1. The average molecular weight is 404 g/mol. The molecule has 3 aromatic rings. The molecular formula is C20H22ClN3O2S. The van der Waals surface area contributed by atoms with Gasteiger partial charge in [0.05, 0.1) is 30.1 Å². The molecule has 7 heteroatoms. The Morgan fingerprint density at radius 3 is 2.63 bits per heavy atom. The molecule has 1 aromatic carbocycles. The highest BCUT2D eigenvalue weighted by Gasteiger charge is 2.20. The highest BCUT2D eigenvalue weighted by atomic mass is 35.5. The molecular weight excluding hydrogens is 382 g/mol. The summed E-state index contributed by atoms with van der Waals surface area (Å²) in [6.07, 6.45) is 0. The molecule has 0 aliphatic carbocycles.